The van der Waals surface area contributed by atoms with Gasteiger partial charge in [-0.25, -0.2) is 4.98 Å². The molecule has 174 valence electrons. The monoisotopic (exact) mass is 443 g/mol. The summed E-state index contributed by atoms with van der Waals surface area (Å²) in [5, 5.41) is 0. The number of hydrogen-bond donors (Lipinski definition) is 0. The molecule has 1 aromatic carbocycles. The van der Waals surface area contributed by atoms with Crippen molar-refractivity contribution in [1.82, 2.24) is 4.98 Å². The fourth-order valence-corrected chi connectivity index (χ4v) is 3.36. The molecule has 0 unspecified atom stereocenters. The van der Waals surface area contributed by atoms with Crippen LogP contribution in [0.15, 0.2) is 47.1 Å². The predicted molar refractivity (Wildman–Crippen MR) is 119 cm³/mol. The number of oxazole rings is 1. The molecule has 0 bridgehead atoms. The van der Waals surface area contributed by atoms with Crippen LogP contribution >= 0.6 is 0 Å². The fraction of sp³-hybridized carbons (Fsp3) is 0.520. The Kier molecular flexibility index (Phi) is 8.10. The van der Waals surface area contributed by atoms with E-state index < -0.39 is 5.41 Å². The lowest BCUT2D eigenvalue weighted by Crippen LogP contribution is -2.28. The Labute approximate surface area is 189 Å². The van der Waals surface area contributed by atoms with Gasteiger partial charge in [0.15, 0.2) is 0 Å². The van der Waals surface area contributed by atoms with Crippen LogP contribution in [0, 0.1) is 5.41 Å². The zero-order chi connectivity index (χ0) is 23.1. The van der Waals surface area contributed by atoms with E-state index in [4.69, 9.17) is 23.4 Å². The molecule has 0 spiro atoms. The maximum absolute atomic E-state index is 11.9. The summed E-state index contributed by atoms with van der Waals surface area (Å²) in [5.41, 5.74) is 2.35. The molecule has 32 heavy (non-hydrogen) atoms. The van der Waals surface area contributed by atoms with Crippen LogP contribution in [0.3, 0.4) is 0 Å². The van der Waals surface area contributed by atoms with Crippen molar-refractivity contribution in [2.75, 3.05) is 13.7 Å². The molecule has 0 N–H and O–H groups in total. The van der Waals surface area contributed by atoms with Gasteiger partial charge in [0.25, 0.3) is 0 Å². The number of benzene rings is 1. The summed E-state index contributed by atoms with van der Waals surface area (Å²) in [6, 6.07) is 7.71. The highest BCUT2D eigenvalue weighted by Gasteiger charge is 2.29. The summed E-state index contributed by atoms with van der Waals surface area (Å²) in [6.45, 7) is 10.7. The zero-order valence-corrected chi connectivity index (χ0v) is 19.4. The van der Waals surface area contributed by atoms with Crippen LogP contribution in [-0.4, -0.2) is 30.8 Å². The SMILES string of the molecule is C=C1C[C@@H](CCOC(=O)C(C)(C)C)O[C@@H](c2coc(COCc3ccc(OC)cc3)n2)C1. The number of hydrogen-bond acceptors (Lipinski definition) is 7. The molecule has 2 heterocycles. The van der Waals surface area contributed by atoms with E-state index in [-0.39, 0.29) is 24.8 Å². The summed E-state index contributed by atoms with van der Waals surface area (Å²) in [6.07, 6.45) is 3.38. The van der Waals surface area contributed by atoms with Crippen molar-refractivity contribution in [3.05, 3.63) is 59.8 Å². The quantitative estimate of drug-likeness (QED) is 0.391. The van der Waals surface area contributed by atoms with Gasteiger partial charge in [0.2, 0.25) is 5.89 Å². The normalized spacial score (nSPS) is 19.1. The maximum Gasteiger partial charge on any atom is 0.311 e. The second-order valence-corrected chi connectivity index (χ2v) is 9.09. The third-order valence-corrected chi connectivity index (χ3v) is 5.19. The van der Waals surface area contributed by atoms with Crippen molar-refractivity contribution >= 4 is 5.97 Å². The van der Waals surface area contributed by atoms with E-state index in [9.17, 15) is 4.79 Å². The van der Waals surface area contributed by atoms with Crippen molar-refractivity contribution in [2.45, 2.75) is 65.5 Å². The summed E-state index contributed by atoms with van der Waals surface area (Å²) in [5.74, 6) is 1.11. The smallest absolute Gasteiger partial charge is 0.311 e. The van der Waals surface area contributed by atoms with Crippen LogP contribution in [-0.2, 0) is 32.2 Å². The Hall–Kier alpha value is -2.64. The van der Waals surface area contributed by atoms with E-state index in [2.05, 4.69) is 11.6 Å². The van der Waals surface area contributed by atoms with Crippen molar-refractivity contribution in [3.8, 4) is 5.75 Å². The van der Waals surface area contributed by atoms with Crippen molar-refractivity contribution < 1.29 is 28.2 Å². The van der Waals surface area contributed by atoms with E-state index in [1.165, 1.54) is 0 Å². The molecule has 0 amide bonds. The molecular weight excluding hydrogens is 410 g/mol. The highest BCUT2D eigenvalue weighted by molar-refractivity contribution is 5.75. The van der Waals surface area contributed by atoms with Gasteiger partial charge in [-0.05, 0) is 44.9 Å². The first-order chi connectivity index (χ1) is 15.2. The minimum absolute atomic E-state index is 0.0690. The van der Waals surface area contributed by atoms with E-state index >= 15 is 0 Å². The standard InChI is InChI=1S/C25H33NO6/c1-17-12-20(10-11-30-24(27)25(2,3)4)32-22(13-17)21-15-31-23(26-21)16-29-14-18-6-8-19(28-5)9-7-18/h6-9,15,20,22H,1,10-14,16H2,2-5H3/t20-,22-/m1/s1. The highest BCUT2D eigenvalue weighted by atomic mass is 16.5. The Morgan fingerprint density at radius 3 is 2.62 bits per heavy atom. The first-order valence-electron chi connectivity index (χ1n) is 10.9. The molecule has 3 rings (SSSR count). The summed E-state index contributed by atoms with van der Waals surface area (Å²) in [4.78, 5) is 16.5. The molecule has 1 aromatic heterocycles. The average molecular weight is 444 g/mol. The highest BCUT2D eigenvalue weighted by Crippen LogP contribution is 2.34. The number of aromatic nitrogens is 1. The Balaban J connectivity index is 1.47. The predicted octanol–water partition coefficient (Wildman–Crippen LogP) is 5.16. The van der Waals surface area contributed by atoms with Gasteiger partial charge in [0.1, 0.15) is 30.4 Å². The summed E-state index contributed by atoms with van der Waals surface area (Å²) in [7, 11) is 1.64. The lowest BCUT2D eigenvalue weighted by Gasteiger charge is -2.30. The second-order valence-electron chi connectivity index (χ2n) is 9.09. The largest absolute Gasteiger partial charge is 0.497 e. The first-order valence-corrected chi connectivity index (χ1v) is 10.9. The number of carbonyl (C=O) groups is 1. The molecule has 1 aliphatic rings. The van der Waals surface area contributed by atoms with E-state index in [0.29, 0.717) is 31.9 Å². The minimum Gasteiger partial charge on any atom is -0.497 e. The van der Waals surface area contributed by atoms with Gasteiger partial charge in [-0.3, -0.25) is 4.79 Å². The molecule has 0 saturated carbocycles. The summed E-state index contributed by atoms with van der Waals surface area (Å²) >= 11 is 0. The van der Waals surface area contributed by atoms with Crippen LogP contribution in [0.25, 0.3) is 0 Å². The number of ether oxygens (including phenoxy) is 4. The van der Waals surface area contributed by atoms with Gasteiger partial charge in [-0.2, -0.15) is 0 Å². The molecule has 1 aliphatic heterocycles. The summed E-state index contributed by atoms with van der Waals surface area (Å²) < 4.78 is 28.0. The molecule has 0 aliphatic carbocycles. The molecule has 7 nitrogen and oxygen atoms in total. The minimum atomic E-state index is -0.508. The van der Waals surface area contributed by atoms with Crippen LogP contribution in [0.4, 0.5) is 0 Å². The van der Waals surface area contributed by atoms with Crippen LogP contribution < -0.4 is 4.74 Å². The topological polar surface area (TPSA) is 80.0 Å². The molecular formula is C25H33NO6. The Bertz CT molecular complexity index is 896. The fourth-order valence-electron chi connectivity index (χ4n) is 3.36. The molecule has 2 atom stereocenters. The van der Waals surface area contributed by atoms with Gasteiger partial charge in [0.05, 0.1) is 31.8 Å². The van der Waals surface area contributed by atoms with Gasteiger partial charge >= 0.3 is 5.97 Å². The van der Waals surface area contributed by atoms with Crippen molar-refractivity contribution in [3.63, 3.8) is 0 Å². The Morgan fingerprint density at radius 2 is 1.94 bits per heavy atom. The number of nitrogens with zero attached hydrogens (tertiary/aromatic N) is 1. The second kappa shape index (κ2) is 10.8. The first kappa shape index (κ1) is 24.0. The number of methoxy groups -OCH3 is 1. The van der Waals surface area contributed by atoms with E-state index in [0.717, 1.165) is 29.0 Å². The third-order valence-electron chi connectivity index (χ3n) is 5.19. The van der Waals surface area contributed by atoms with Gasteiger partial charge < -0.3 is 23.4 Å². The van der Waals surface area contributed by atoms with Crippen molar-refractivity contribution in [2.24, 2.45) is 5.41 Å². The van der Waals surface area contributed by atoms with Gasteiger partial charge in [-0.15, -0.1) is 0 Å². The average Bonchev–Trinajstić information content (AvgIpc) is 3.22. The van der Waals surface area contributed by atoms with Crippen molar-refractivity contribution in [1.29, 1.82) is 0 Å². The van der Waals surface area contributed by atoms with Crippen LogP contribution in [0.5, 0.6) is 5.75 Å². The number of esters is 1. The maximum atomic E-state index is 11.9. The molecule has 1 saturated heterocycles. The van der Waals surface area contributed by atoms with E-state index in [1.54, 1.807) is 13.4 Å². The lowest BCUT2D eigenvalue weighted by molar-refractivity contribution is -0.154. The number of rotatable bonds is 9. The van der Waals surface area contributed by atoms with E-state index in [1.807, 2.05) is 45.0 Å². The Morgan fingerprint density at radius 1 is 1.19 bits per heavy atom. The van der Waals surface area contributed by atoms with Crippen LogP contribution in [0.1, 0.15) is 63.3 Å². The molecule has 0 radical (unpaired) electrons. The molecule has 1 fully saturated rings. The van der Waals surface area contributed by atoms with Gasteiger partial charge in [-0.1, -0.05) is 24.3 Å². The zero-order valence-electron chi connectivity index (χ0n) is 19.4. The third kappa shape index (κ3) is 6.93. The van der Waals surface area contributed by atoms with Crippen LogP contribution in [0.2, 0.25) is 0 Å². The van der Waals surface area contributed by atoms with Gasteiger partial charge in [0, 0.05) is 12.8 Å². The number of carbonyl (C=O) groups excluding carboxylic acids is 1. The molecule has 2 aromatic rings. The lowest BCUT2D eigenvalue weighted by atomic mass is 9.96. The molecule has 7 heteroatoms.